The minimum Gasteiger partial charge on any atom is -0.392 e. The van der Waals surface area contributed by atoms with E-state index in [-0.39, 0.29) is 29.2 Å². The number of aliphatic hydroxyl groups is 1. The summed E-state index contributed by atoms with van der Waals surface area (Å²) in [6.07, 6.45) is 8.77. The van der Waals surface area contributed by atoms with Crippen molar-refractivity contribution >= 4 is 22.8 Å². The largest absolute Gasteiger partial charge is 0.392 e. The topological polar surface area (TPSA) is 135 Å². The van der Waals surface area contributed by atoms with Crippen LogP contribution in [0, 0.1) is 5.41 Å². The second-order valence-corrected chi connectivity index (χ2v) is 14.4. The summed E-state index contributed by atoms with van der Waals surface area (Å²) in [4.78, 5) is 36.4. The molecule has 2 aliphatic heterocycles. The number of rotatable bonds is 7. The molecule has 7 heterocycles. The Morgan fingerprint density at radius 3 is 2.59 bits per heavy atom. The summed E-state index contributed by atoms with van der Waals surface area (Å²) in [6, 6.07) is 10.0. The van der Waals surface area contributed by atoms with E-state index >= 15 is 0 Å². The monoisotopic (exact) mass is 663 g/mol. The fourth-order valence-electron chi connectivity index (χ4n) is 7.67. The number of nitrogens with one attached hydrogen (secondary N) is 1. The van der Waals surface area contributed by atoms with Crippen LogP contribution in [0.15, 0.2) is 64.7 Å². The van der Waals surface area contributed by atoms with Crippen LogP contribution in [0.1, 0.15) is 37.6 Å². The number of aliphatic hydroxyl groups excluding tert-OH is 1. The molecule has 2 saturated heterocycles. The molecular weight excluding hydrogens is 622 g/mol. The van der Waals surface area contributed by atoms with E-state index in [2.05, 4.69) is 51.1 Å². The Labute approximate surface area is 283 Å². The third-order valence-electron chi connectivity index (χ3n) is 10.3. The molecule has 5 aromatic heterocycles. The van der Waals surface area contributed by atoms with Crippen molar-refractivity contribution in [1.29, 1.82) is 0 Å². The first kappa shape index (κ1) is 31.4. The fraction of sp³-hybridized carbons (Fsp3) is 0.417. The molecule has 49 heavy (non-hydrogen) atoms. The molecule has 0 radical (unpaired) electrons. The standard InChI is InChI=1S/C36H41N9O4/c1-22-17-42(25-20-49-21-25)9-10-43(22)32-6-5-31(39-40-32)38-28-13-24(18-41(4)34(28)47)26-7-8-37-33(27(26)19-46)45-12-11-44-29(35(45)48)14-23-15-36(2,3)16-30(23)44/h5-8,11-14,18,22,25,46H,9-10,15-17,19-21H2,1-4H3,(H,38,39)/t22-/m0/s1. The summed E-state index contributed by atoms with van der Waals surface area (Å²) in [7, 11) is 1.68. The summed E-state index contributed by atoms with van der Waals surface area (Å²) in [5, 5.41) is 22.7. The van der Waals surface area contributed by atoms with Crippen LogP contribution in [-0.4, -0.2) is 83.7 Å². The van der Waals surface area contributed by atoms with Gasteiger partial charge in [-0.15, -0.1) is 10.2 Å². The van der Waals surface area contributed by atoms with Crippen molar-refractivity contribution in [2.24, 2.45) is 12.5 Å². The summed E-state index contributed by atoms with van der Waals surface area (Å²) >= 11 is 0. The van der Waals surface area contributed by atoms with Crippen molar-refractivity contribution in [3.63, 3.8) is 0 Å². The van der Waals surface area contributed by atoms with Gasteiger partial charge in [-0.1, -0.05) is 13.8 Å². The van der Waals surface area contributed by atoms with E-state index < -0.39 is 0 Å². The van der Waals surface area contributed by atoms with Gasteiger partial charge in [-0.05, 0) is 66.6 Å². The predicted molar refractivity (Wildman–Crippen MR) is 187 cm³/mol. The molecule has 13 heteroatoms. The summed E-state index contributed by atoms with van der Waals surface area (Å²) in [5.74, 6) is 1.58. The number of aryl methyl sites for hydroxylation is 1. The maximum absolute atomic E-state index is 13.8. The van der Waals surface area contributed by atoms with Gasteiger partial charge in [0.1, 0.15) is 17.0 Å². The van der Waals surface area contributed by atoms with E-state index in [1.807, 2.05) is 28.8 Å². The summed E-state index contributed by atoms with van der Waals surface area (Å²) in [5.41, 5.74) is 4.77. The molecule has 1 aliphatic carbocycles. The molecule has 0 unspecified atom stereocenters. The maximum atomic E-state index is 13.8. The van der Waals surface area contributed by atoms with E-state index in [0.717, 1.165) is 51.5 Å². The number of hydrogen-bond acceptors (Lipinski definition) is 10. The van der Waals surface area contributed by atoms with Crippen molar-refractivity contribution in [2.45, 2.75) is 52.3 Å². The lowest BCUT2D eigenvalue weighted by molar-refractivity contribution is -0.0692. The third kappa shape index (κ3) is 5.51. The van der Waals surface area contributed by atoms with Crippen LogP contribution in [0.5, 0.6) is 0 Å². The molecule has 2 fully saturated rings. The smallest absolute Gasteiger partial charge is 0.280 e. The molecule has 0 saturated carbocycles. The Kier molecular flexibility index (Phi) is 7.65. The molecule has 0 bridgehead atoms. The molecule has 3 aliphatic rings. The van der Waals surface area contributed by atoms with Crippen LogP contribution >= 0.6 is 0 Å². The highest BCUT2D eigenvalue weighted by Gasteiger charge is 2.33. The second-order valence-electron chi connectivity index (χ2n) is 14.4. The van der Waals surface area contributed by atoms with Gasteiger partial charge in [-0.25, -0.2) is 4.98 Å². The molecule has 254 valence electrons. The number of fused-ring (bicyclic) bond motifs is 3. The predicted octanol–water partition coefficient (Wildman–Crippen LogP) is 2.91. The molecule has 0 amide bonds. The number of aromatic nitrogens is 6. The fourth-order valence-corrected chi connectivity index (χ4v) is 7.67. The molecule has 5 aromatic rings. The van der Waals surface area contributed by atoms with Gasteiger partial charge < -0.3 is 29.0 Å². The highest BCUT2D eigenvalue weighted by atomic mass is 16.5. The first-order valence-electron chi connectivity index (χ1n) is 16.8. The zero-order chi connectivity index (χ0) is 34.0. The minimum atomic E-state index is -0.360. The van der Waals surface area contributed by atoms with Crippen LogP contribution in [-0.2, 0) is 31.2 Å². The highest BCUT2D eigenvalue weighted by Crippen LogP contribution is 2.37. The van der Waals surface area contributed by atoms with Crippen LogP contribution in [0.4, 0.5) is 17.3 Å². The molecular formula is C36H41N9O4. The quantitative estimate of drug-likeness (QED) is 0.268. The summed E-state index contributed by atoms with van der Waals surface area (Å²) < 4.78 is 10.3. The molecule has 13 nitrogen and oxygen atoms in total. The van der Waals surface area contributed by atoms with Crippen molar-refractivity contribution in [3.05, 3.63) is 92.6 Å². The Morgan fingerprint density at radius 1 is 1.04 bits per heavy atom. The van der Waals surface area contributed by atoms with Gasteiger partial charge in [0.2, 0.25) is 0 Å². The first-order valence-corrected chi connectivity index (χ1v) is 16.8. The van der Waals surface area contributed by atoms with Crippen molar-refractivity contribution in [2.75, 3.05) is 43.1 Å². The number of pyridine rings is 2. The number of anilines is 3. The Balaban J connectivity index is 1.07. The number of piperazine rings is 1. The van der Waals surface area contributed by atoms with Gasteiger partial charge in [-0.2, -0.15) is 0 Å². The van der Waals surface area contributed by atoms with Crippen molar-refractivity contribution in [3.8, 4) is 16.9 Å². The molecule has 0 aromatic carbocycles. The molecule has 0 spiro atoms. The van der Waals surface area contributed by atoms with Crippen molar-refractivity contribution < 1.29 is 9.84 Å². The SMILES string of the molecule is C[C@H]1CN(C2COC2)CCN1c1ccc(Nc2cc(-c3ccnc(-n4ccn5c6c(cc5c4=O)CC(C)(C)C6)c3CO)cn(C)c2=O)nn1. The molecule has 2 N–H and O–H groups in total. The average molecular weight is 664 g/mol. The van der Waals surface area contributed by atoms with Crippen LogP contribution in [0.3, 0.4) is 0 Å². The number of hydrogen-bond donors (Lipinski definition) is 2. The lowest BCUT2D eigenvalue weighted by Crippen LogP contribution is -2.59. The van der Waals surface area contributed by atoms with Gasteiger partial charge >= 0.3 is 0 Å². The molecule has 8 rings (SSSR count). The normalized spacial score (nSPS) is 19.3. The van der Waals surface area contributed by atoms with Crippen LogP contribution < -0.4 is 21.3 Å². The van der Waals surface area contributed by atoms with E-state index in [1.54, 1.807) is 37.8 Å². The van der Waals surface area contributed by atoms with E-state index in [0.29, 0.717) is 45.6 Å². The number of nitrogens with zero attached hydrogens (tertiary/aromatic N) is 8. The van der Waals surface area contributed by atoms with Crippen LogP contribution in [0.2, 0.25) is 0 Å². The number of ether oxygens (including phenoxy) is 1. The lowest BCUT2D eigenvalue weighted by atomic mass is 9.90. The van der Waals surface area contributed by atoms with Gasteiger partial charge in [0, 0.05) is 74.3 Å². The first-order chi connectivity index (χ1) is 23.6. The van der Waals surface area contributed by atoms with Gasteiger partial charge in [-0.3, -0.25) is 19.1 Å². The van der Waals surface area contributed by atoms with E-state index in [4.69, 9.17) is 4.74 Å². The van der Waals surface area contributed by atoms with E-state index in [1.165, 1.54) is 20.4 Å². The average Bonchev–Trinajstić information content (AvgIpc) is 3.55. The highest BCUT2D eigenvalue weighted by molar-refractivity contribution is 5.73. The zero-order valence-electron chi connectivity index (χ0n) is 28.3. The van der Waals surface area contributed by atoms with E-state index in [9.17, 15) is 14.7 Å². The van der Waals surface area contributed by atoms with Crippen LogP contribution in [0.25, 0.3) is 22.5 Å². The van der Waals surface area contributed by atoms with Gasteiger partial charge in [0.25, 0.3) is 11.1 Å². The maximum Gasteiger partial charge on any atom is 0.280 e. The molecule has 1 atom stereocenters. The second kappa shape index (κ2) is 11.9. The Hall–Kier alpha value is -4.85. The Bertz CT molecular complexity index is 2180. The van der Waals surface area contributed by atoms with Gasteiger partial charge in [0.15, 0.2) is 11.6 Å². The van der Waals surface area contributed by atoms with Gasteiger partial charge in [0.05, 0.1) is 25.9 Å². The lowest BCUT2D eigenvalue weighted by Gasteiger charge is -2.45. The Morgan fingerprint density at radius 2 is 1.88 bits per heavy atom. The minimum absolute atomic E-state index is 0.167. The zero-order valence-corrected chi connectivity index (χ0v) is 28.3. The third-order valence-corrected chi connectivity index (χ3v) is 10.3. The summed E-state index contributed by atoms with van der Waals surface area (Å²) in [6.45, 7) is 10.7. The van der Waals surface area contributed by atoms with Crippen molar-refractivity contribution in [1.82, 2.24) is 33.6 Å².